The number of hydrogen-bond acceptors (Lipinski definition) is 2. The fraction of sp³-hybridized carbons (Fsp3) is 0.500. The number of nitrogens with one attached hydrogen (secondary N) is 1. The summed E-state index contributed by atoms with van der Waals surface area (Å²) >= 11 is 0. The number of guanidine groups is 1. The second-order valence-corrected chi connectivity index (χ2v) is 5.15. The summed E-state index contributed by atoms with van der Waals surface area (Å²) < 4.78 is 0. The maximum absolute atomic E-state index is 5.60. The van der Waals surface area contributed by atoms with E-state index in [2.05, 4.69) is 29.2 Å². The third-order valence-electron chi connectivity index (χ3n) is 3.59. The van der Waals surface area contributed by atoms with Gasteiger partial charge in [-0.3, -0.25) is 5.43 Å². The Kier molecular flexibility index (Phi) is 4.20. The third-order valence-corrected chi connectivity index (χ3v) is 3.59. The average molecular weight is 246 g/mol. The highest BCUT2D eigenvalue weighted by Gasteiger charge is 2.26. The Morgan fingerprint density at radius 3 is 2.67 bits per heavy atom. The minimum absolute atomic E-state index is 0.714. The molecule has 4 nitrogen and oxygen atoms in total. The molecule has 1 atom stereocenters. The molecule has 0 amide bonds. The van der Waals surface area contributed by atoms with Crippen molar-refractivity contribution in [3.05, 3.63) is 30.3 Å². The molecule has 0 spiro atoms. The summed E-state index contributed by atoms with van der Waals surface area (Å²) in [6.07, 6.45) is 1.22. The monoisotopic (exact) mass is 246 g/mol. The van der Waals surface area contributed by atoms with Gasteiger partial charge in [0.2, 0.25) is 5.96 Å². The first-order chi connectivity index (χ1) is 8.70. The lowest BCUT2D eigenvalue weighted by atomic mass is 9.95. The summed E-state index contributed by atoms with van der Waals surface area (Å²) in [7, 11) is 0. The fourth-order valence-electron chi connectivity index (χ4n) is 2.34. The molecule has 1 aliphatic heterocycles. The summed E-state index contributed by atoms with van der Waals surface area (Å²) in [6, 6.07) is 9.90. The minimum Gasteiger partial charge on any atom is -0.341 e. The largest absolute Gasteiger partial charge is 0.341 e. The molecule has 2 rings (SSSR count). The van der Waals surface area contributed by atoms with Gasteiger partial charge in [-0.05, 0) is 30.4 Å². The van der Waals surface area contributed by atoms with Crippen molar-refractivity contribution in [3.63, 3.8) is 0 Å². The molecule has 0 aliphatic carbocycles. The number of hydrazine groups is 1. The van der Waals surface area contributed by atoms with Crippen molar-refractivity contribution in [2.75, 3.05) is 13.1 Å². The van der Waals surface area contributed by atoms with Gasteiger partial charge in [-0.25, -0.2) is 10.8 Å². The summed E-state index contributed by atoms with van der Waals surface area (Å²) in [4.78, 5) is 6.79. The molecule has 0 radical (unpaired) electrons. The number of likely N-dealkylation sites (tertiary alicyclic amines) is 1. The normalized spacial score (nSPS) is 20.6. The van der Waals surface area contributed by atoms with Crippen molar-refractivity contribution in [2.24, 2.45) is 22.7 Å². The molecule has 1 fully saturated rings. The number of benzene rings is 1. The van der Waals surface area contributed by atoms with E-state index in [0.717, 1.165) is 30.7 Å². The molecule has 0 aromatic heterocycles. The number of para-hydroxylation sites is 1. The van der Waals surface area contributed by atoms with E-state index in [0.29, 0.717) is 5.92 Å². The van der Waals surface area contributed by atoms with Crippen LogP contribution in [0.15, 0.2) is 35.3 Å². The summed E-state index contributed by atoms with van der Waals surface area (Å²) in [5.74, 6) is 7.82. The Balaban J connectivity index is 2.08. The number of rotatable bonds is 2. The molecule has 0 saturated carbocycles. The van der Waals surface area contributed by atoms with Crippen LogP contribution in [0.2, 0.25) is 0 Å². The molecule has 1 aromatic carbocycles. The molecular formula is C14H22N4. The number of aliphatic imine (C=N–C) groups is 1. The van der Waals surface area contributed by atoms with Gasteiger partial charge in [-0.1, -0.05) is 32.0 Å². The molecule has 1 aliphatic rings. The topological polar surface area (TPSA) is 53.6 Å². The second kappa shape index (κ2) is 5.87. The van der Waals surface area contributed by atoms with Crippen LogP contribution >= 0.6 is 0 Å². The van der Waals surface area contributed by atoms with E-state index in [1.807, 2.05) is 30.3 Å². The predicted octanol–water partition coefficient (Wildman–Crippen LogP) is 2.12. The highest BCUT2D eigenvalue weighted by molar-refractivity contribution is 5.82. The Labute approximate surface area is 109 Å². The highest BCUT2D eigenvalue weighted by Crippen LogP contribution is 2.24. The Hall–Kier alpha value is -1.55. The van der Waals surface area contributed by atoms with Gasteiger partial charge in [0, 0.05) is 13.1 Å². The van der Waals surface area contributed by atoms with Crippen molar-refractivity contribution in [1.82, 2.24) is 10.3 Å². The van der Waals surface area contributed by atoms with Crippen LogP contribution in [0.3, 0.4) is 0 Å². The zero-order valence-corrected chi connectivity index (χ0v) is 11.1. The minimum atomic E-state index is 0.714. The van der Waals surface area contributed by atoms with Crippen molar-refractivity contribution in [1.29, 1.82) is 0 Å². The van der Waals surface area contributed by atoms with Crippen LogP contribution in [0.25, 0.3) is 0 Å². The third kappa shape index (κ3) is 3.01. The van der Waals surface area contributed by atoms with Gasteiger partial charge in [-0.2, -0.15) is 0 Å². The summed E-state index contributed by atoms with van der Waals surface area (Å²) in [5, 5.41) is 0. The molecular weight excluding hydrogens is 224 g/mol. The van der Waals surface area contributed by atoms with E-state index in [1.165, 1.54) is 6.42 Å². The zero-order valence-electron chi connectivity index (χ0n) is 11.1. The average Bonchev–Trinajstić information content (AvgIpc) is 2.87. The van der Waals surface area contributed by atoms with E-state index >= 15 is 0 Å². The van der Waals surface area contributed by atoms with E-state index in [9.17, 15) is 0 Å². The van der Waals surface area contributed by atoms with Gasteiger partial charge in [0.05, 0.1) is 5.69 Å². The number of nitrogens with two attached hydrogens (primary N) is 1. The van der Waals surface area contributed by atoms with E-state index < -0.39 is 0 Å². The molecule has 1 aromatic rings. The quantitative estimate of drug-likeness (QED) is 0.364. The highest BCUT2D eigenvalue weighted by atomic mass is 15.4. The fourth-order valence-corrected chi connectivity index (χ4v) is 2.34. The van der Waals surface area contributed by atoms with Crippen LogP contribution in [-0.4, -0.2) is 23.9 Å². The van der Waals surface area contributed by atoms with Gasteiger partial charge in [0.1, 0.15) is 0 Å². The SMILES string of the molecule is CC(C)C1CCN(C(=Nc2ccccc2)NN)C1. The van der Waals surface area contributed by atoms with Crippen molar-refractivity contribution >= 4 is 11.6 Å². The van der Waals surface area contributed by atoms with Crippen LogP contribution in [0.4, 0.5) is 5.69 Å². The van der Waals surface area contributed by atoms with Crippen LogP contribution < -0.4 is 11.3 Å². The molecule has 4 heteroatoms. The van der Waals surface area contributed by atoms with Crippen molar-refractivity contribution in [3.8, 4) is 0 Å². The second-order valence-electron chi connectivity index (χ2n) is 5.15. The van der Waals surface area contributed by atoms with Crippen LogP contribution in [0, 0.1) is 11.8 Å². The molecule has 1 heterocycles. The van der Waals surface area contributed by atoms with Gasteiger partial charge in [0.25, 0.3) is 0 Å². The Morgan fingerprint density at radius 1 is 1.39 bits per heavy atom. The predicted molar refractivity (Wildman–Crippen MR) is 75.4 cm³/mol. The first-order valence-electron chi connectivity index (χ1n) is 6.56. The van der Waals surface area contributed by atoms with E-state index in [1.54, 1.807) is 0 Å². The Morgan fingerprint density at radius 2 is 2.11 bits per heavy atom. The van der Waals surface area contributed by atoms with Gasteiger partial charge < -0.3 is 4.90 Å². The standard InChI is InChI=1S/C14H22N4/c1-11(2)12-8-9-18(10-12)14(17-15)16-13-6-4-3-5-7-13/h3-7,11-12H,8-10,15H2,1-2H3,(H,16,17). The molecule has 1 unspecified atom stereocenters. The van der Waals surface area contributed by atoms with Gasteiger partial charge in [0.15, 0.2) is 0 Å². The zero-order chi connectivity index (χ0) is 13.0. The first kappa shape index (κ1) is 12.9. The summed E-state index contributed by atoms with van der Waals surface area (Å²) in [6.45, 7) is 6.61. The Bertz CT molecular complexity index is 400. The van der Waals surface area contributed by atoms with Gasteiger partial charge in [-0.15, -0.1) is 0 Å². The smallest absolute Gasteiger partial charge is 0.213 e. The number of nitrogens with zero attached hydrogens (tertiary/aromatic N) is 2. The molecule has 0 bridgehead atoms. The lowest BCUT2D eigenvalue weighted by Crippen LogP contribution is -2.43. The van der Waals surface area contributed by atoms with Crippen LogP contribution in [0.5, 0.6) is 0 Å². The van der Waals surface area contributed by atoms with Crippen LogP contribution in [0.1, 0.15) is 20.3 Å². The maximum atomic E-state index is 5.60. The molecule has 3 N–H and O–H groups in total. The molecule has 18 heavy (non-hydrogen) atoms. The number of hydrogen-bond donors (Lipinski definition) is 2. The lowest BCUT2D eigenvalue weighted by Gasteiger charge is -2.21. The van der Waals surface area contributed by atoms with E-state index in [-0.39, 0.29) is 0 Å². The molecule has 1 saturated heterocycles. The summed E-state index contributed by atoms with van der Waals surface area (Å²) in [5.41, 5.74) is 3.66. The van der Waals surface area contributed by atoms with Crippen molar-refractivity contribution in [2.45, 2.75) is 20.3 Å². The lowest BCUT2D eigenvalue weighted by molar-refractivity contribution is 0.385. The van der Waals surface area contributed by atoms with Crippen molar-refractivity contribution < 1.29 is 0 Å². The van der Waals surface area contributed by atoms with Crippen LogP contribution in [-0.2, 0) is 0 Å². The first-order valence-corrected chi connectivity index (χ1v) is 6.56. The van der Waals surface area contributed by atoms with Gasteiger partial charge >= 0.3 is 0 Å². The maximum Gasteiger partial charge on any atom is 0.213 e. The van der Waals surface area contributed by atoms with E-state index in [4.69, 9.17) is 5.84 Å². The molecule has 98 valence electrons.